The summed E-state index contributed by atoms with van der Waals surface area (Å²) in [6, 6.07) is 8.63. The number of carbonyl (C=O) groups is 1. The number of sulfonamides is 1. The molecule has 0 atom stereocenters. The van der Waals surface area contributed by atoms with E-state index in [2.05, 4.69) is 10.1 Å². The third-order valence-corrected chi connectivity index (χ3v) is 7.50. The topological polar surface area (TPSA) is 84.6 Å². The normalized spacial score (nSPS) is 13.5. The number of aromatic nitrogens is 2. The molecule has 2 heterocycles. The zero-order valence-corrected chi connectivity index (χ0v) is 19.9. The van der Waals surface area contributed by atoms with Gasteiger partial charge in [0, 0.05) is 35.8 Å². The standard InChI is InChI=1S/C24H24F2N4O3S/c1-4-12-29(13-5-2)34(32,33)18-9-6-16(7-10-18)22-23-21(15(3)28-30(23)24(31)27-22)19-11-8-17(25)14-20(19)26/h6-11,14H,4-5,12-13H2,1-3H3. The summed E-state index contributed by atoms with van der Waals surface area (Å²) in [5.74, 6) is -1.50. The third-order valence-electron chi connectivity index (χ3n) is 5.59. The minimum absolute atomic E-state index is 0.0940. The van der Waals surface area contributed by atoms with Gasteiger partial charge in [0.25, 0.3) is 0 Å². The molecular formula is C24H24F2N4O3S. The van der Waals surface area contributed by atoms with E-state index in [9.17, 15) is 22.0 Å². The fourth-order valence-corrected chi connectivity index (χ4v) is 5.71. The van der Waals surface area contributed by atoms with E-state index in [1.807, 2.05) is 13.8 Å². The monoisotopic (exact) mass is 486 g/mol. The van der Waals surface area contributed by atoms with Crippen molar-refractivity contribution in [2.24, 2.45) is 4.99 Å². The Kier molecular flexibility index (Phi) is 6.46. The summed E-state index contributed by atoms with van der Waals surface area (Å²) in [6.07, 6.45) is 1.39. The van der Waals surface area contributed by atoms with Crippen LogP contribution in [0.3, 0.4) is 0 Å². The van der Waals surface area contributed by atoms with Gasteiger partial charge in [0.1, 0.15) is 23.0 Å². The largest absolute Gasteiger partial charge is 0.369 e. The summed E-state index contributed by atoms with van der Waals surface area (Å²) in [5.41, 5.74) is 1.81. The first-order chi connectivity index (χ1) is 16.2. The van der Waals surface area contributed by atoms with Gasteiger partial charge in [-0.25, -0.2) is 22.0 Å². The van der Waals surface area contributed by atoms with Crippen LogP contribution >= 0.6 is 0 Å². The zero-order valence-electron chi connectivity index (χ0n) is 19.0. The summed E-state index contributed by atoms with van der Waals surface area (Å²) in [6.45, 7) is 6.31. The lowest BCUT2D eigenvalue weighted by Gasteiger charge is -2.21. The lowest BCUT2D eigenvalue weighted by atomic mass is 9.97. The summed E-state index contributed by atoms with van der Waals surface area (Å²) in [5, 5.41) is 4.20. The molecule has 0 radical (unpaired) electrons. The quantitative estimate of drug-likeness (QED) is 0.459. The van der Waals surface area contributed by atoms with Gasteiger partial charge in [0.2, 0.25) is 10.0 Å². The fraction of sp³-hybridized carbons (Fsp3) is 0.292. The molecule has 0 aliphatic carbocycles. The van der Waals surface area contributed by atoms with Crippen molar-refractivity contribution in [3.8, 4) is 11.1 Å². The van der Waals surface area contributed by atoms with Gasteiger partial charge in [-0.2, -0.15) is 19.1 Å². The Bertz CT molecular complexity index is 1390. The zero-order chi connectivity index (χ0) is 24.6. The molecule has 34 heavy (non-hydrogen) atoms. The average Bonchev–Trinajstić information content (AvgIpc) is 3.29. The number of aryl methyl sites for hydroxylation is 1. The van der Waals surface area contributed by atoms with Crippen LogP contribution in [0, 0.1) is 18.6 Å². The lowest BCUT2D eigenvalue weighted by molar-refractivity contribution is 0.249. The number of carbonyl (C=O) groups excluding carboxylic acids is 1. The van der Waals surface area contributed by atoms with Crippen LogP contribution in [0.2, 0.25) is 0 Å². The third kappa shape index (κ3) is 4.07. The molecule has 10 heteroatoms. The van der Waals surface area contributed by atoms with E-state index in [1.54, 1.807) is 19.1 Å². The van der Waals surface area contributed by atoms with Gasteiger partial charge in [-0.05, 0) is 44.0 Å². The van der Waals surface area contributed by atoms with Crippen LogP contribution in [-0.2, 0) is 10.0 Å². The number of fused-ring (bicyclic) bond motifs is 1. The van der Waals surface area contributed by atoms with Gasteiger partial charge < -0.3 is 0 Å². The van der Waals surface area contributed by atoms with Gasteiger partial charge in [-0.15, -0.1) is 0 Å². The second kappa shape index (κ2) is 9.19. The van der Waals surface area contributed by atoms with E-state index in [4.69, 9.17) is 0 Å². The maximum Gasteiger partial charge on any atom is 0.369 e. The molecule has 0 fully saturated rings. The molecule has 178 valence electrons. The van der Waals surface area contributed by atoms with Crippen molar-refractivity contribution in [3.63, 3.8) is 0 Å². The van der Waals surface area contributed by atoms with Crippen molar-refractivity contribution in [1.29, 1.82) is 0 Å². The van der Waals surface area contributed by atoms with Gasteiger partial charge in [0.05, 0.1) is 10.6 Å². The molecule has 1 aliphatic rings. The van der Waals surface area contributed by atoms with Crippen molar-refractivity contribution in [2.75, 3.05) is 13.1 Å². The van der Waals surface area contributed by atoms with Crippen LogP contribution < -0.4 is 0 Å². The van der Waals surface area contributed by atoms with Crippen LogP contribution in [0.25, 0.3) is 11.1 Å². The molecule has 0 saturated heterocycles. The smallest absolute Gasteiger partial charge is 0.244 e. The molecular weight excluding hydrogens is 462 g/mol. The predicted molar refractivity (Wildman–Crippen MR) is 125 cm³/mol. The number of benzene rings is 2. The molecule has 1 amide bonds. The summed E-state index contributed by atoms with van der Waals surface area (Å²) < 4.78 is 56.7. The molecule has 2 aromatic carbocycles. The molecule has 0 bridgehead atoms. The lowest BCUT2D eigenvalue weighted by Crippen LogP contribution is -2.32. The molecule has 4 rings (SSSR count). The highest BCUT2D eigenvalue weighted by Gasteiger charge is 2.32. The van der Waals surface area contributed by atoms with Gasteiger partial charge in [-0.3, -0.25) is 0 Å². The second-order valence-electron chi connectivity index (χ2n) is 8.02. The van der Waals surface area contributed by atoms with E-state index in [1.165, 1.54) is 22.5 Å². The SMILES string of the molecule is CCCN(CCC)S(=O)(=O)c1ccc(C2=NC(=O)n3nc(C)c(-c4ccc(F)cc4F)c32)cc1. The highest BCUT2D eigenvalue weighted by atomic mass is 32.2. The molecule has 0 N–H and O–H groups in total. The van der Waals surface area contributed by atoms with Gasteiger partial charge in [-0.1, -0.05) is 26.0 Å². The van der Waals surface area contributed by atoms with E-state index in [-0.39, 0.29) is 21.9 Å². The van der Waals surface area contributed by atoms with Crippen LogP contribution in [0.5, 0.6) is 0 Å². The maximum atomic E-state index is 14.6. The van der Waals surface area contributed by atoms with Crippen molar-refractivity contribution in [1.82, 2.24) is 14.1 Å². The van der Waals surface area contributed by atoms with Crippen LogP contribution in [0.15, 0.2) is 52.4 Å². The van der Waals surface area contributed by atoms with E-state index >= 15 is 0 Å². The molecule has 0 spiro atoms. The predicted octanol–water partition coefficient (Wildman–Crippen LogP) is 4.77. The van der Waals surface area contributed by atoms with E-state index in [0.717, 1.165) is 16.8 Å². The molecule has 7 nitrogen and oxygen atoms in total. The Morgan fingerprint density at radius 1 is 1.00 bits per heavy atom. The van der Waals surface area contributed by atoms with Gasteiger partial charge >= 0.3 is 6.03 Å². The fourth-order valence-electron chi connectivity index (χ4n) is 4.08. The average molecular weight is 487 g/mol. The van der Waals surface area contributed by atoms with Crippen LogP contribution in [-0.4, -0.2) is 47.3 Å². The number of amides is 1. The number of hydrogen-bond donors (Lipinski definition) is 0. The van der Waals surface area contributed by atoms with Gasteiger partial charge in [0.15, 0.2) is 0 Å². The first-order valence-electron chi connectivity index (χ1n) is 11.0. The van der Waals surface area contributed by atoms with Crippen molar-refractivity contribution < 1.29 is 22.0 Å². The Labute approximate surface area is 196 Å². The number of halogens is 2. The van der Waals surface area contributed by atoms with E-state index < -0.39 is 27.7 Å². The minimum Gasteiger partial charge on any atom is -0.244 e. The Balaban J connectivity index is 1.76. The second-order valence-corrected chi connectivity index (χ2v) is 9.95. The van der Waals surface area contributed by atoms with Crippen LogP contribution in [0.4, 0.5) is 13.6 Å². The molecule has 3 aromatic rings. The Hall–Kier alpha value is -3.24. The van der Waals surface area contributed by atoms with Crippen molar-refractivity contribution in [2.45, 2.75) is 38.5 Å². The highest BCUT2D eigenvalue weighted by molar-refractivity contribution is 7.89. The van der Waals surface area contributed by atoms with Crippen LogP contribution in [0.1, 0.15) is 43.6 Å². The maximum absolute atomic E-state index is 14.6. The molecule has 0 saturated carbocycles. The number of hydrogen-bond acceptors (Lipinski definition) is 4. The summed E-state index contributed by atoms with van der Waals surface area (Å²) >= 11 is 0. The first kappa shape index (κ1) is 23.9. The highest BCUT2D eigenvalue weighted by Crippen LogP contribution is 2.34. The molecule has 0 unspecified atom stereocenters. The number of aliphatic imine (C=N–C) groups is 1. The van der Waals surface area contributed by atoms with Crippen molar-refractivity contribution >= 4 is 21.8 Å². The number of rotatable bonds is 8. The summed E-state index contributed by atoms with van der Waals surface area (Å²) in [7, 11) is -3.67. The summed E-state index contributed by atoms with van der Waals surface area (Å²) in [4.78, 5) is 16.7. The van der Waals surface area contributed by atoms with E-state index in [0.29, 0.717) is 42.8 Å². The molecule has 1 aromatic heterocycles. The Morgan fingerprint density at radius 3 is 2.24 bits per heavy atom. The molecule has 1 aliphatic heterocycles. The first-order valence-corrected chi connectivity index (χ1v) is 12.4. The number of nitrogens with zero attached hydrogens (tertiary/aromatic N) is 4. The minimum atomic E-state index is -3.67. The Morgan fingerprint density at radius 2 is 1.65 bits per heavy atom. The van der Waals surface area contributed by atoms with Crippen molar-refractivity contribution in [3.05, 3.63) is 71.1 Å².